The minimum Gasteiger partial charge on any atom is -0.478 e. The molecule has 0 spiro atoms. The Morgan fingerprint density at radius 2 is 1.74 bits per heavy atom. The molecule has 3 atom stereocenters. The lowest BCUT2D eigenvalue weighted by Gasteiger charge is -2.16. The van der Waals surface area contributed by atoms with Crippen molar-refractivity contribution >= 4 is 48.6 Å². The summed E-state index contributed by atoms with van der Waals surface area (Å²) in [5.41, 5.74) is 7.58. The van der Waals surface area contributed by atoms with Gasteiger partial charge in [0.1, 0.15) is 11.8 Å². The average molecular weight is 606 g/mol. The standard InChI is InChI=1S/C22H30N6O5P.C4H4O4/c1-14(2)32-19(29)9-15(3)27-17-7-5-6-8-18(17)33-34(30)13-31-16(4)10-28-12-26-20-21(23)24-11-25-22(20)28;5-3(6)1-2-4(7)8/h5-8,11-12,14-16,27H,9-10,13H2,1-4H3,(H2,23,24,25);1-2H,(H,5,6)(H,7,8)/q+1;/b;2-1+. The van der Waals surface area contributed by atoms with Crippen molar-refractivity contribution in [3.63, 3.8) is 0 Å². The number of aliphatic carboxylic acids is 2. The van der Waals surface area contributed by atoms with Gasteiger partial charge in [0, 0.05) is 18.2 Å². The number of esters is 1. The monoisotopic (exact) mass is 605 g/mol. The lowest BCUT2D eigenvalue weighted by molar-refractivity contribution is -0.147. The van der Waals surface area contributed by atoms with Gasteiger partial charge in [-0.15, -0.1) is 0 Å². The number of hydrogen-bond acceptors (Lipinski definition) is 12. The molecule has 0 fully saturated rings. The SMILES string of the molecule is CC(CC(=O)OC(C)C)Nc1ccccc1O[P+](=O)COC(C)Cn1cnc2c(N)ncnc21.O=C(O)/C=C/C(=O)O. The van der Waals surface area contributed by atoms with Gasteiger partial charge in [-0.3, -0.25) is 9.32 Å². The van der Waals surface area contributed by atoms with Crippen LogP contribution in [-0.2, 0) is 35.0 Å². The van der Waals surface area contributed by atoms with E-state index in [1.165, 1.54) is 6.33 Å². The number of benzene rings is 1. The topological polar surface area (TPSA) is 218 Å². The molecule has 0 saturated carbocycles. The van der Waals surface area contributed by atoms with Crippen molar-refractivity contribution in [3.8, 4) is 5.75 Å². The molecule has 226 valence electrons. The minimum atomic E-state index is -2.14. The van der Waals surface area contributed by atoms with E-state index in [0.717, 1.165) is 0 Å². The maximum atomic E-state index is 12.6. The van der Waals surface area contributed by atoms with Crippen molar-refractivity contribution in [2.75, 3.05) is 17.4 Å². The molecule has 0 aliphatic rings. The van der Waals surface area contributed by atoms with Crippen molar-refractivity contribution in [3.05, 3.63) is 49.1 Å². The number of nitrogens with zero attached hydrogens (tertiary/aromatic N) is 4. The third-order valence-corrected chi connectivity index (χ3v) is 5.81. The quantitative estimate of drug-likeness (QED) is 0.118. The Balaban J connectivity index is 0.000000675. The van der Waals surface area contributed by atoms with E-state index < -0.39 is 20.0 Å². The van der Waals surface area contributed by atoms with E-state index in [2.05, 4.69) is 20.3 Å². The van der Waals surface area contributed by atoms with E-state index in [1.807, 2.05) is 19.9 Å². The average Bonchev–Trinajstić information content (AvgIpc) is 3.31. The van der Waals surface area contributed by atoms with Gasteiger partial charge in [-0.1, -0.05) is 12.1 Å². The molecular weight excluding hydrogens is 571 g/mol. The van der Waals surface area contributed by atoms with Gasteiger partial charge in [0.05, 0.1) is 37.2 Å². The number of rotatable bonds is 14. The summed E-state index contributed by atoms with van der Waals surface area (Å²) in [7, 11) is -2.14. The number of carboxylic acid groups (broad SMARTS) is 2. The zero-order valence-electron chi connectivity index (χ0n) is 23.5. The van der Waals surface area contributed by atoms with E-state index in [1.54, 1.807) is 42.9 Å². The molecule has 2 aromatic heterocycles. The van der Waals surface area contributed by atoms with Crippen LogP contribution in [0.15, 0.2) is 49.1 Å². The molecule has 15 nitrogen and oxygen atoms in total. The van der Waals surface area contributed by atoms with Crippen LogP contribution in [-0.4, -0.2) is 72.2 Å². The highest BCUT2D eigenvalue weighted by molar-refractivity contribution is 7.39. The Bertz CT molecular complexity index is 1400. The van der Waals surface area contributed by atoms with Gasteiger partial charge in [-0.05, 0) is 44.4 Å². The highest BCUT2D eigenvalue weighted by Crippen LogP contribution is 2.34. The second kappa shape index (κ2) is 16.6. The number of nitrogen functional groups attached to an aromatic ring is 1. The number of aromatic nitrogens is 4. The van der Waals surface area contributed by atoms with Gasteiger partial charge in [0.25, 0.3) is 6.35 Å². The van der Waals surface area contributed by atoms with E-state index in [9.17, 15) is 18.9 Å². The van der Waals surface area contributed by atoms with E-state index in [4.69, 9.17) is 29.9 Å². The first kappa shape index (κ1) is 33.6. The number of nitrogens with one attached hydrogen (secondary N) is 1. The summed E-state index contributed by atoms with van der Waals surface area (Å²) >= 11 is 0. The van der Waals surface area contributed by atoms with Crippen LogP contribution in [0.2, 0.25) is 0 Å². The van der Waals surface area contributed by atoms with E-state index in [0.29, 0.717) is 47.1 Å². The molecule has 2 heterocycles. The lowest BCUT2D eigenvalue weighted by atomic mass is 10.2. The van der Waals surface area contributed by atoms with Gasteiger partial charge in [0.2, 0.25) is 5.75 Å². The van der Waals surface area contributed by atoms with Crippen LogP contribution in [0.25, 0.3) is 11.2 Å². The zero-order valence-corrected chi connectivity index (χ0v) is 24.4. The van der Waals surface area contributed by atoms with Crippen LogP contribution in [0.4, 0.5) is 11.5 Å². The van der Waals surface area contributed by atoms with Crippen LogP contribution in [0.3, 0.4) is 0 Å². The number of imidazole rings is 1. The van der Waals surface area contributed by atoms with Crippen molar-refractivity contribution < 1.29 is 43.2 Å². The molecule has 0 aliphatic heterocycles. The van der Waals surface area contributed by atoms with Crippen LogP contribution < -0.4 is 15.6 Å². The molecule has 3 unspecified atom stereocenters. The van der Waals surface area contributed by atoms with Crippen LogP contribution >= 0.6 is 8.03 Å². The highest BCUT2D eigenvalue weighted by Gasteiger charge is 2.24. The summed E-state index contributed by atoms with van der Waals surface area (Å²) in [5, 5.41) is 18.8. The maximum absolute atomic E-state index is 12.6. The van der Waals surface area contributed by atoms with Gasteiger partial charge in [-0.25, -0.2) is 24.5 Å². The number of anilines is 2. The lowest BCUT2D eigenvalue weighted by Crippen LogP contribution is -2.23. The summed E-state index contributed by atoms with van der Waals surface area (Å²) in [4.78, 5) is 43.4. The first-order valence-corrected chi connectivity index (χ1v) is 14.1. The molecule has 42 heavy (non-hydrogen) atoms. The normalized spacial score (nSPS) is 12.7. The molecule has 3 rings (SSSR count). The van der Waals surface area contributed by atoms with Crippen molar-refractivity contribution in [1.29, 1.82) is 0 Å². The summed E-state index contributed by atoms with van der Waals surface area (Å²) in [5.74, 6) is -2.08. The third kappa shape index (κ3) is 11.9. The maximum Gasteiger partial charge on any atom is 0.585 e. The molecule has 0 amide bonds. The number of carboxylic acids is 2. The Morgan fingerprint density at radius 1 is 1.07 bits per heavy atom. The Labute approximate surface area is 242 Å². The number of carbonyl (C=O) groups excluding carboxylic acids is 1. The summed E-state index contributed by atoms with van der Waals surface area (Å²) in [6, 6.07) is 6.91. The predicted molar refractivity (Wildman–Crippen MR) is 153 cm³/mol. The van der Waals surface area contributed by atoms with Crippen molar-refractivity contribution in [1.82, 2.24) is 19.5 Å². The fraction of sp³-hybridized carbons (Fsp3) is 0.385. The van der Waals surface area contributed by atoms with Gasteiger partial charge >= 0.3 is 25.9 Å². The fourth-order valence-electron chi connectivity index (χ4n) is 3.37. The second-order valence-electron chi connectivity index (χ2n) is 9.15. The second-order valence-corrected chi connectivity index (χ2v) is 10.3. The van der Waals surface area contributed by atoms with E-state index >= 15 is 0 Å². The number of fused-ring (bicyclic) bond motifs is 1. The predicted octanol–water partition coefficient (Wildman–Crippen LogP) is 3.45. The molecule has 16 heteroatoms. The number of carbonyl (C=O) groups is 3. The summed E-state index contributed by atoms with van der Waals surface area (Å²) < 4.78 is 30.9. The Kier molecular flexibility index (Phi) is 13.3. The van der Waals surface area contributed by atoms with Crippen LogP contribution in [0.5, 0.6) is 5.75 Å². The van der Waals surface area contributed by atoms with Crippen LogP contribution in [0.1, 0.15) is 34.1 Å². The van der Waals surface area contributed by atoms with E-state index in [-0.39, 0.29) is 37.0 Å². The number of hydrogen-bond donors (Lipinski definition) is 4. The smallest absolute Gasteiger partial charge is 0.478 e. The molecule has 3 aromatic rings. The summed E-state index contributed by atoms with van der Waals surface area (Å²) in [6.45, 7) is 7.77. The molecule has 5 N–H and O–H groups in total. The van der Waals surface area contributed by atoms with Gasteiger partial charge < -0.3 is 35.3 Å². The molecule has 1 aromatic carbocycles. The Hall–Kier alpha value is -4.62. The van der Waals surface area contributed by atoms with Gasteiger partial charge in [-0.2, -0.15) is 0 Å². The van der Waals surface area contributed by atoms with Crippen LogP contribution in [0, 0.1) is 0 Å². The zero-order chi connectivity index (χ0) is 31.2. The number of ether oxygens (including phenoxy) is 2. The summed E-state index contributed by atoms with van der Waals surface area (Å²) in [6.07, 6.45) is 3.77. The number of para-hydroxylation sites is 2. The first-order valence-electron chi connectivity index (χ1n) is 12.7. The van der Waals surface area contributed by atoms with Crippen molar-refractivity contribution in [2.45, 2.75) is 58.9 Å². The minimum absolute atomic E-state index is 0.0924. The number of nitrogens with two attached hydrogens (primary N) is 1. The van der Waals surface area contributed by atoms with Crippen molar-refractivity contribution in [2.24, 2.45) is 0 Å². The Morgan fingerprint density at radius 3 is 2.38 bits per heavy atom. The first-order chi connectivity index (χ1) is 19.8. The molecule has 0 radical (unpaired) electrons. The molecule has 0 saturated heterocycles. The molecule has 0 aliphatic carbocycles. The molecule has 0 bridgehead atoms. The molecular formula is C26H34N6O9P+. The highest BCUT2D eigenvalue weighted by atomic mass is 31.1. The fourth-order valence-corrected chi connectivity index (χ4v) is 4.18. The van der Waals surface area contributed by atoms with Gasteiger partial charge in [0.15, 0.2) is 11.5 Å². The third-order valence-electron chi connectivity index (χ3n) is 5.05. The largest absolute Gasteiger partial charge is 0.585 e.